The fraction of sp³-hybridized carbons (Fsp3) is 0.700. The number of nitrogens with zero attached hydrogens (tertiary/aromatic N) is 2. The van der Waals surface area contributed by atoms with Crippen LogP contribution in [0.15, 0.2) is 0 Å². The molecular formula is C10H17N3O2S. The van der Waals surface area contributed by atoms with Gasteiger partial charge in [-0.15, -0.1) is 5.10 Å². The molecule has 1 aromatic rings. The topological polar surface area (TPSA) is 75.1 Å². The number of rotatable bonds is 5. The predicted octanol–water partition coefficient (Wildman–Crippen LogP) is 1.13. The maximum atomic E-state index is 11.9. The summed E-state index contributed by atoms with van der Waals surface area (Å²) in [5.41, 5.74) is 0.0922. The lowest BCUT2D eigenvalue weighted by atomic mass is 9.94. The Morgan fingerprint density at radius 3 is 2.50 bits per heavy atom. The highest BCUT2D eigenvalue weighted by Gasteiger charge is 2.28. The van der Waals surface area contributed by atoms with Crippen molar-refractivity contribution in [2.24, 2.45) is 0 Å². The zero-order valence-electron chi connectivity index (χ0n) is 9.78. The molecule has 0 fully saturated rings. The summed E-state index contributed by atoms with van der Waals surface area (Å²) in [5.74, 6) is -0.203. The number of amides is 1. The van der Waals surface area contributed by atoms with Crippen LogP contribution in [0.4, 0.5) is 0 Å². The van der Waals surface area contributed by atoms with Gasteiger partial charge >= 0.3 is 0 Å². The third-order valence-corrected chi connectivity index (χ3v) is 3.72. The normalized spacial score (nSPS) is 11.5. The molecule has 0 aromatic carbocycles. The monoisotopic (exact) mass is 243 g/mol. The van der Waals surface area contributed by atoms with Crippen LogP contribution < -0.4 is 5.32 Å². The van der Waals surface area contributed by atoms with Crippen molar-refractivity contribution < 1.29 is 9.90 Å². The minimum atomic E-state index is -0.534. The van der Waals surface area contributed by atoms with Crippen molar-refractivity contribution in [2.45, 2.75) is 39.2 Å². The zero-order chi connectivity index (χ0) is 12.2. The summed E-state index contributed by atoms with van der Waals surface area (Å²) < 4.78 is 3.72. The van der Waals surface area contributed by atoms with Gasteiger partial charge in [-0.3, -0.25) is 4.79 Å². The maximum absolute atomic E-state index is 11.9. The fourth-order valence-corrected chi connectivity index (χ4v) is 1.98. The van der Waals surface area contributed by atoms with Crippen molar-refractivity contribution in [1.82, 2.24) is 14.9 Å². The van der Waals surface area contributed by atoms with E-state index in [4.69, 9.17) is 0 Å². The van der Waals surface area contributed by atoms with Gasteiger partial charge in [0, 0.05) is 0 Å². The number of aromatic nitrogens is 2. The van der Waals surface area contributed by atoms with Gasteiger partial charge in [-0.25, -0.2) is 0 Å². The van der Waals surface area contributed by atoms with Crippen LogP contribution in [0.1, 0.15) is 42.1 Å². The largest absolute Gasteiger partial charge is 0.394 e. The quantitative estimate of drug-likeness (QED) is 0.813. The van der Waals surface area contributed by atoms with Gasteiger partial charge < -0.3 is 10.4 Å². The van der Waals surface area contributed by atoms with E-state index in [-0.39, 0.29) is 12.5 Å². The van der Waals surface area contributed by atoms with Gasteiger partial charge in [0.25, 0.3) is 5.91 Å². The number of carbonyl (C=O) groups is 1. The summed E-state index contributed by atoms with van der Waals surface area (Å²) >= 11 is 1.08. The summed E-state index contributed by atoms with van der Waals surface area (Å²) in [5, 5.41) is 16.0. The molecule has 1 amide bonds. The van der Waals surface area contributed by atoms with Gasteiger partial charge in [0.2, 0.25) is 0 Å². The number of hydrogen-bond donors (Lipinski definition) is 2. The molecule has 0 atom stereocenters. The van der Waals surface area contributed by atoms with Crippen molar-refractivity contribution in [1.29, 1.82) is 0 Å². The third-order valence-electron chi connectivity index (χ3n) is 2.89. The molecule has 1 rings (SSSR count). The SMILES string of the molecule is CCC(CC)(CO)NC(=O)c1snnc1C. The molecule has 0 spiro atoms. The molecule has 90 valence electrons. The molecule has 6 heteroatoms. The number of carbonyl (C=O) groups excluding carboxylic acids is 1. The summed E-state index contributed by atoms with van der Waals surface area (Å²) in [6.45, 7) is 5.57. The van der Waals surface area contributed by atoms with Crippen molar-refractivity contribution in [3.63, 3.8) is 0 Å². The molecule has 2 N–H and O–H groups in total. The summed E-state index contributed by atoms with van der Waals surface area (Å²) in [4.78, 5) is 12.4. The van der Waals surface area contributed by atoms with Gasteiger partial charge in [0.1, 0.15) is 4.88 Å². The number of aliphatic hydroxyl groups is 1. The van der Waals surface area contributed by atoms with Crippen molar-refractivity contribution in [2.75, 3.05) is 6.61 Å². The van der Waals surface area contributed by atoms with Crippen LogP contribution >= 0.6 is 11.5 Å². The first-order chi connectivity index (χ1) is 7.58. The molecule has 1 heterocycles. The smallest absolute Gasteiger partial charge is 0.265 e. The first-order valence-corrected chi connectivity index (χ1v) is 6.08. The number of nitrogens with one attached hydrogen (secondary N) is 1. The molecule has 5 nitrogen and oxygen atoms in total. The van der Waals surface area contributed by atoms with Crippen molar-refractivity contribution >= 4 is 17.4 Å². The minimum absolute atomic E-state index is 0.0585. The number of hydrogen-bond acceptors (Lipinski definition) is 5. The van der Waals surface area contributed by atoms with E-state index < -0.39 is 5.54 Å². The average Bonchev–Trinajstić information content (AvgIpc) is 2.72. The molecule has 0 bridgehead atoms. The Morgan fingerprint density at radius 2 is 2.12 bits per heavy atom. The first-order valence-electron chi connectivity index (χ1n) is 5.31. The van der Waals surface area contributed by atoms with Crippen LogP contribution in [0.25, 0.3) is 0 Å². The van der Waals surface area contributed by atoms with Crippen LogP contribution in [0.2, 0.25) is 0 Å². The van der Waals surface area contributed by atoms with Crippen LogP contribution in [0.5, 0.6) is 0 Å². The Kier molecular flexibility index (Phi) is 4.37. The molecule has 1 aromatic heterocycles. The molecule has 0 aliphatic heterocycles. The van der Waals surface area contributed by atoms with Gasteiger partial charge in [0.05, 0.1) is 17.8 Å². The van der Waals surface area contributed by atoms with Crippen LogP contribution in [-0.4, -0.2) is 32.7 Å². The van der Waals surface area contributed by atoms with E-state index in [0.29, 0.717) is 23.4 Å². The van der Waals surface area contributed by atoms with E-state index in [1.165, 1.54) is 0 Å². The molecule has 0 saturated carbocycles. The molecule has 16 heavy (non-hydrogen) atoms. The van der Waals surface area contributed by atoms with Crippen molar-refractivity contribution in [3.05, 3.63) is 10.6 Å². The second-order valence-corrected chi connectivity index (χ2v) is 4.54. The second kappa shape index (κ2) is 5.36. The molecular weight excluding hydrogens is 226 g/mol. The van der Waals surface area contributed by atoms with E-state index in [2.05, 4.69) is 14.9 Å². The van der Waals surface area contributed by atoms with E-state index in [9.17, 15) is 9.90 Å². The van der Waals surface area contributed by atoms with Crippen LogP contribution in [0.3, 0.4) is 0 Å². The van der Waals surface area contributed by atoms with Gasteiger partial charge in [-0.2, -0.15) is 0 Å². The predicted molar refractivity (Wildman–Crippen MR) is 62.5 cm³/mol. The fourth-order valence-electron chi connectivity index (χ4n) is 1.43. The van der Waals surface area contributed by atoms with Crippen molar-refractivity contribution in [3.8, 4) is 0 Å². The number of aliphatic hydroxyl groups excluding tert-OH is 1. The highest BCUT2D eigenvalue weighted by Crippen LogP contribution is 2.17. The minimum Gasteiger partial charge on any atom is -0.394 e. The Balaban J connectivity index is 2.81. The highest BCUT2D eigenvalue weighted by atomic mass is 32.1. The van der Waals surface area contributed by atoms with E-state index in [1.807, 2.05) is 13.8 Å². The lowest BCUT2D eigenvalue weighted by Gasteiger charge is -2.30. The Hall–Kier alpha value is -1.01. The van der Waals surface area contributed by atoms with Gasteiger partial charge in [0.15, 0.2) is 0 Å². The molecule has 0 radical (unpaired) electrons. The van der Waals surface area contributed by atoms with Gasteiger partial charge in [-0.1, -0.05) is 18.3 Å². The zero-order valence-corrected chi connectivity index (χ0v) is 10.6. The summed E-state index contributed by atoms with van der Waals surface area (Å²) in [7, 11) is 0. The highest BCUT2D eigenvalue weighted by molar-refractivity contribution is 7.08. The lowest BCUT2D eigenvalue weighted by molar-refractivity contribution is 0.0821. The number of aryl methyl sites for hydroxylation is 1. The standard InChI is InChI=1S/C10H17N3O2S/c1-4-10(5-2,6-14)11-9(15)8-7(3)12-13-16-8/h14H,4-6H2,1-3H3,(H,11,15). The Bertz CT molecular complexity index is 352. The van der Waals surface area contributed by atoms with E-state index >= 15 is 0 Å². The van der Waals surface area contributed by atoms with Crippen LogP contribution in [0, 0.1) is 6.92 Å². The molecule has 0 aliphatic carbocycles. The summed E-state index contributed by atoms with van der Waals surface area (Å²) in [6, 6.07) is 0. The molecule has 0 aliphatic rings. The average molecular weight is 243 g/mol. The summed E-state index contributed by atoms with van der Waals surface area (Å²) in [6.07, 6.45) is 1.38. The Morgan fingerprint density at radius 1 is 1.50 bits per heavy atom. The molecule has 0 saturated heterocycles. The third kappa shape index (κ3) is 2.56. The van der Waals surface area contributed by atoms with Gasteiger partial charge in [-0.05, 0) is 31.3 Å². The van der Waals surface area contributed by atoms with Crippen LogP contribution in [-0.2, 0) is 0 Å². The molecule has 0 unspecified atom stereocenters. The first kappa shape index (κ1) is 13.1. The van der Waals surface area contributed by atoms with E-state index in [1.54, 1.807) is 6.92 Å². The lowest BCUT2D eigenvalue weighted by Crippen LogP contribution is -2.50. The van der Waals surface area contributed by atoms with E-state index in [0.717, 1.165) is 11.5 Å². The maximum Gasteiger partial charge on any atom is 0.265 e. The second-order valence-electron chi connectivity index (χ2n) is 3.79. The Labute approximate surface area is 99.0 Å².